The summed E-state index contributed by atoms with van der Waals surface area (Å²) >= 11 is 0. The quantitative estimate of drug-likeness (QED) is 0.772. The van der Waals surface area contributed by atoms with Crippen molar-refractivity contribution in [2.75, 3.05) is 18.0 Å². The molecule has 0 saturated heterocycles. The van der Waals surface area contributed by atoms with Gasteiger partial charge in [-0.15, -0.1) is 0 Å². The van der Waals surface area contributed by atoms with Gasteiger partial charge < -0.3 is 10.2 Å². The third-order valence-corrected chi connectivity index (χ3v) is 4.39. The zero-order valence-electron chi connectivity index (χ0n) is 16.1. The lowest BCUT2D eigenvalue weighted by Gasteiger charge is -2.25. The lowest BCUT2D eigenvalue weighted by molar-refractivity contribution is -0.123. The molecular formula is C22H28N2O2. The number of benzene rings is 2. The standard InChI is InChI=1S/C22H28N2O2/c1-16-13-17(2)22(18(3)14-16)24(19(4)25)15-21(26)23-12-8-11-20-9-6-5-7-10-20/h5-7,9-10,13-14H,8,11-12,15H2,1-4H3,(H,23,26). The van der Waals surface area contributed by atoms with Crippen LogP contribution in [-0.2, 0) is 16.0 Å². The van der Waals surface area contributed by atoms with Crippen molar-refractivity contribution in [3.8, 4) is 0 Å². The largest absolute Gasteiger partial charge is 0.355 e. The Morgan fingerprint density at radius 2 is 1.62 bits per heavy atom. The first kappa shape index (κ1) is 19.7. The number of anilines is 1. The Bertz CT molecular complexity index is 746. The van der Waals surface area contributed by atoms with E-state index in [-0.39, 0.29) is 18.4 Å². The maximum atomic E-state index is 12.3. The van der Waals surface area contributed by atoms with Gasteiger partial charge in [-0.25, -0.2) is 0 Å². The molecule has 26 heavy (non-hydrogen) atoms. The highest BCUT2D eigenvalue weighted by Gasteiger charge is 2.19. The van der Waals surface area contributed by atoms with E-state index >= 15 is 0 Å². The second kappa shape index (κ2) is 9.18. The lowest BCUT2D eigenvalue weighted by atomic mass is 10.0. The van der Waals surface area contributed by atoms with Crippen LogP contribution in [0.1, 0.15) is 35.6 Å². The third kappa shape index (κ3) is 5.45. The first-order valence-corrected chi connectivity index (χ1v) is 9.05. The van der Waals surface area contributed by atoms with Crippen LogP contribution in [0.4, 0.5) is 5.69 Å². The number of amides is 2. The Balaban J connectivity index is 1.93. The molecule has 0 atom stereocenters. The molecule has 0 saturated carbocycles. The Morgan fingerprint density at radius 3 is 2.19 bits per heavy atom. The van der Waals surface area contributed by atoms with Gasteiger partial charge in [-0.3, -0.25) is 9.59 Å². The fourth-order valence-corrected chi connectivity index (χ4v) is 3.31. The highest BCUT2D eigenvalue weighted by atomic mass is 16.2. The molecule has 2 rings (SSSR count). The van der Waals surface area contributed by atoms with Gasteiger partial charge in [0.15, 0.2) is 0 Å². The number of nitrogens with one attached hydrogen (secondary N) is 1. The molecule has 2 amide bonds. The summed E-state index contributed by atoms with van der Waals surface area (Å²) in [6, 6.07) is 14.3. The second-order valence-electron chi connectivity index (χ2n) is 6.79. The molecule has 0 aliphatic heterocycles. The second-order valence-corrected chi connectivity index (χ2v) is 6.79. The molecule has 2 aromatic carbocycles. The zero-order chi connectivity index (χ0) is 19.1. The van der Waals surface area contributed by atoms with Gasteiger partial charge in [-0.05, 0) is 50.3 Å². The topological polar surface area (TPSA) is 49.4 Å². The molecule has 0 bridgehead atoms. The summed E-state index contributed by atoms with van der Waals surface area (Å²) in [5, 5.41) is 2.93. The maximum Gasteiger partial charge on any atom is 0.240 e. The van der Waals surface area contributed by atoms with Gasteiger partial charge in [0, 0.05) is 13.5 Å². The molecule has 0 spiro atoms. The first-order chi connectivity index (χ1) is 12.4. The predicted molar refractivity (Wildman–Crippen MR) is 106 cm³/mol. The van der Waals surface area contributed by atoms with Crippen molar-refractivity contribution in [1.82, 2.24) is 5.32 Å². The molecule has 0 heterocycles. The number of carbonyl (C=O) groups excluding carboxylic acids is 2. The Kier molecular flexibility index (Phi) is 6.96. The lowest BCUT2D eigenvalue weighted by Crippen LogP contribution is -2.40. The molecule has 0 aromatic heterocycles. The third-order valence-electron chi connectivity index (χ3n) is 4.39. The summed E-state index contributed by atoms with van der Waals surface area (Å²) in [7, 11) is 0. The van der Waals surface area contributed by atoms with Crippen molar-refractivity contribution >= 4 is 17.5 Å². The van der Waals surface area contributed by atoms with E-state index in [1.54, 1.807) is 4.90 Å². The predicted octanol–water partition coefficient (Wildman–Crippen LogP) is 3.71. The van der Waals surface area contributed by atoms with Gasteiger partial charge >= 0.3 is 0 Å². The van der Waals surface area contributed by atoms with Crippen LogP contribution in [0.2, 0.25) is 0 Å². The molecule has 4 heteroatoms. The molecule has 4 nitrogen and oxygen atoms in total. The Morgan fingerprint density at radius 1 is 1.00 bits per heavy atom. The minimum Gasteiger partial charge on any atom is -0.355 e. The minimum absolute atomic E-state index is 0.0470. The summed E-state index contributed by atoms with van der Waals surface area (Å²) in [5.74, 6) is -0.257. The first-order valence-electron chi connectivity index (χ1n) is 9.05. The van der Waals surface area contributed by atoms with Gasteiger partial charge in [-0.2, -0.15) is 0 Å². The van der Waals surface area contributed by atoms with Crippen molar-refractivity contribution in [3.05, 3.63) is 64.7 Å². The van der Waals surface area contributed by atoms with Gasteiger partial charge in [0.05, 0.1) is 5.69 Å². The van der Waals surface area contributed by atoms with Gasteiger partial charge in [0.25, 0.3) is 0 Å². The minimum atomic E-state index is -0.132. The van der Waals surface area contributed by atoms with Crippen LogP contribution in [-0.4, -0.2) is 24.9 Å². The highest BCUT2D eigenvalue weighted by Crippen LogP contribution is 2.26. The summed E-state index contributed by atoms with van der Waals surface area (Å²) < 4.78 is 0. The van der Waals surface area contributed by atoms with Crippen LogP contribution in [0.5, 0.6) is 0 Å². The van der Waals surface area contributed by atoms with E-state index in [0.717, 1.165) is 35.2 Å². The van der Waals surface area contributed by atoms with Crippen molar-refractivity contribution in [1.29, 1.82) is 0 Å². The van der Waals surface area contributed by atoms with Crippen molar-refractivity contribution in [3.63, 3.8) is 0 Å². The summed E-state index contributed by atoms with van der Waals surface area (Å²) in [6.07, 6.45) is 1.80. The maximum absolute atomic E-state index is 12.3. The number of carbonyl (C=O) groups is 2. The Labute approximate surface area is 156 Å². The molecule has 0 radical (unpaired) electrons. The van der Waals surface area contributed by atoms with E-state index in [9.17, 15) is 9.59 Å². The summed E-state index contributed by atoms with van der Waals surface area (Å²) in [5.41, 5.74) is 5.27. The molecule has 2 aromatic rings. The van der Waals surface area contributed by atoms with Crippen molar-refractivity contribution in [2.24, 2.45) is 0 Å². The Hall–Kier alpha value is -2.62. The molecule has 0 fully saturated rings. The number of rotatable bonds is 7. The summed E-state index contributed by atoms with van der Waals surface area (Å²) in [6.45, 7) is 8.13. The average molecular weight is 352 g/mol. The summed E-state index contributed by atoms with van der Waals surface area (Å²) in [4.78, 5) is 26.0. The van der Waals surface area contributed by atoms with Crippen LogP contribution in [0.3, 0.4) is 0 Å². The fraction of sp³-hybridized carbons (Fsp3) is 0.364. The molecule has 0 unspecified atom stereocenters. The zero-order valence-corrected chi connectivity index (χ0v) is 16.1. The molecule has 0 aliphatic rings. The van der Waals surface area contributed by atoms with Crippen LogP contribution in [0.25, 0.3) is 0 Å². The molecule has 1 N–H and O–H groups in total. The van der Waals surface area contributed by atoms with E-state index in [4.69, 9.17) is 0 Å². The van der Waals surface area contributed by atoms with E-state index in [2.05, 4.69) is 17.4 Å². The molecule has 138 valence electrons. The number of hydrogen-bond acceptors (Lipinski definition) is 2. The normalized spacial score (nSPS) is 10.5. The molecular weight excluding hydrogens is 324 g/mol. The van der Waals surface area contributed by atoms with Crippen LogP contribution in [0.15, 0.2) is 42.5 Å². The fourth-order valence-electron chi connectivity index (χ4n) is 3.31. The number of aryl methyl sites for hydroxylation is 4. The average Bonchev–Trinajstić information content (AvgIpc) is 2.58. The van der Waals surface area contributed by atoms with Gasteiger partial charge in [-0.1, -0.05) is 48.0 Å². The van der Waals surface area contributed by atoms with Gasteiger partial charge in [0.2, 0.25) is 11.8 Å². The number of hydrogen-bond donors (Lipinski definition) is 1. The molecule has 0 aliphatic carbocycles. The van der Waals surface area contributed by atoms with Crippen molar-refractivity contribution in [2.45, 2.75) is 40.5 Å². The number of nitrogens with zero attached hydrogens (tertiary/aromatic N) is 1. The van der Waals surface area contributed by atoms with E-state index in [1.165, 1.54) is 12.5 Å². The smallest absolute Gasteiger partial charge is 0.240 e. The monoisotopic (exact) mass is 352 g/mol. The highest BCUT2D eigenvalue weighted by molar-refractivity contribution is 5.98. The SMILES string of the molecule is CC(=O)N(CC(=O)NCCCc1ccccc1)c1c(C)cc(C)cc1C. The van der Waals surface area contributed by atoms with Crippen LogP contribution in [0, 0.1) is 20.8 Å². The van der Waals surface area contributed by atoms with E-state index in [0.29, 0.717) is 6.54 Å². The van der Waals surface area contributed by atoms with Crippen LogP contribution >= 0.6 is 0 Å². The van der Waals surface area contributed by atoms with Crippen molar-refractivity contribution < 1.29 is 9.59 Å². The van der Waals surface area contributed by atoms with Gasteiger partial charge in [0.1, 0.15) is 6.54 Å². The van der Waals surface area contributed by atoms with Crippen LogP contribution < -0.4 is 10.2 Å². The van der Waals surface area contributed by atoms with E-state index < -0.39 is 0 Å². The van der Waals surface area contributed by atoms with E-state index in [1.807, 2.05) is 51.1 Å².